The number of aliphatic imine (C=N–C) groups is 1. The van der Waals surface area contributed by atoms with E-state index in [0.717, 1.165) is 35.6 Å². The van der Waals surface area contributed by atoms with E-state index in [1.807, 2.05) is 55.5 Å². The highest BCUT2D eigenvalue weighted by molar-refractivity contribution is 5.96. The van der Waals surface area contributed by atoms with Gasteiger partial charge in [-0.05, 0) is 60.5 Å². The van der Waals surface area contributed by atoms with E-state index in [2.05, 4.69) is 11.9 Å². The molecular weight excluding hydrogens is 274 g/mol. The molecule has 0 saturated carbocycles. The second-order valence-corrected chi connectivity index (χ2v) is 5.00. The van der Waals surface area contributed by atoms with Crippen LogP contribution in [0.15, 0.2) is 53.5 Å². The number of rotatable bonds is 7. The van der Waals surface area contributed by atoms with Gasteiger partial charge in [0.15, 0.2) is 5.78 Å². The molecule has 0 unspecified atom stereocenters. The summed E-state index contributed by atoms with van der Waals surface area (Å²) in [5.74, 6) is 1.03. The molecular formula is C19H21NO2. The first-order chi connectivity index (χ1) is 10.7. The lowest BCUT2D eigenvalue weighted by atomic mass is 10.1. The van der Waals surface area contributed by atoms with Crippen LogP contribution in [0, 0.1) is 0 Å². The van der Waals surface area contributed by atoms with E-state index in [1.165, 1.54) is 0 Å². The highest BCUT2D eigenvalue weighted by atomic mass is 16.5. The van der Waals surface area contributed by atoms with Crippen molar-refractivity contribution >= 4 is 17.7 Å². The molecule has 0 amide bonds. The van der Waals surface area contributed by atoms with Crippen molar-refractivity contribution < 1.29 is 9.53 Å². The van der Waals surface area contributed by atoms with Gasteiger partial charge in [0.1, 0.15) is 5.75 Å². The van der Waals surface area contributed by atoms with Crippen molar-refractivity contribution in [2.45, 2.75) is 26.7 Å². The Balaban J connectivity index is 2.00. The molecule has 0 saturated heterocycles. The van der Waals surface area contributed by atoms with E-state index in [1.54, 1.807) is 6.21 Å². The van der Waals surface area contributed by atoms with Crippen molar-refractivity contribution in [3.63, 3.8) is 0 Å². The SMILES string of the molecule is CCCOc1ccc(C=Nc2ccc(C(=O)CC)cc2)cc1. The monoisotopic (exact) mass is 295 g/mol. The lowest BCUT2D eigenvalue weighted by Gasteiger charge is -2.03. The van der Waals surface area contributed by atoms with Crippen molar-refractivity contribution in [2.24, 2.45) is 4.99 Å². The van der Waals surface area contributed by atoms with Crippen LogP contribution in [0.2, 0.25) is 0 Å². The van der Waals surface area contributed by atoms with Crippen LogP contribution in [0.4, 0.5) is 5.69 Å². The number of ether oxygens (including phenoxy) is 1. The van der Waals surface area contributed by atoms with Crippen LogP contribution in [0.3, 0.4) is 0 Å². The molecule has 2 aromatic rings. The third-order valence-electron chi connectivity index (χ3n) is 3.23. The van der Waals surface area contributed by atoms with Gasteiger partial charge in [0.2, 0.25) is 0 Å². The predicted molar refractivity (Wildman–Crippen MR) is 90.5 cm³/mol. The molecule has 22 heavy (non-hydrogen) atoms. The number of hydrogen-bond acceptors (Lipinski definition) is 3. The molecule has 0 aliphatic heterocycles. The summed E-state index contributed by atoms with van der Waals surface area (Å²) < 4.78 is 5.54. The fraction of sp³-hybridized carbons (Fsp3) is 0.263. The number of hydrogen-bond donors (Lipinski definition) is 0. The average Bonchev–Trinajstić information content (AvgIpc) is 2.58. The third kappa shape index (κ3) is 4.55. The van der Waals surface area contributed by atoms with Gasteiger partial charge in [-0.15, -0.1) is 0 Å². The van der Waals surface area contributed by atoms with Gasteiger partial charge in [0, 0.05) is 18.2 Å². The predicted octanol–water partition coefficient (Wildman–Crippen LogP) is 4.82. The van der Waals surface area contributed by atoms with Crippen LogP contribution < -0.4 is 4.74 Å². The van der Waals surface area contributed by atoms with E-state index in [-0.39, 0.29) is 5.78 Å². The molecule has 0 fully saturated rings. The first-order valence-corrected chi connectivity index (χ1v) is 7.63. The van der Waals surface area contributed by atoms with Crippen molar-refractivity contribution in [1.82, 2.24) is 0 Å². The zero-order valence-corrected chi connectivity index (χ0v) is 13.1. The van der Waals surface area contributed by atoms with Crippen molar-refractivity contribution in [1.29, 1.82) is 0 Å². The second kappa shape index (κ2) is 8.13. The Morgan fingerprint density at radius 1 is 1.05 bits per heavy atom. The van der Waals surface area contributed by atoms with Crippen LogP contribution in [0.5, 0.6) is 5.75 Å². The molecule has 0 aliphatic carbocycles. The van der Waals surface area contributed by atoms with Crippen molar-refractivity contribution in [2.75, 3.05) is 6.61 Å². The van der Waals surface area contributed by atoms with E-state index in [4.69, 9.17) is 4.74 Å². The van der Waals surface area contributed by atoms with Gasteiger partial charge < -0.3 is 4.74 Å². The molecule has 0 N–H and O–H groups in total. The first kappa shape index (κ1) is 16.0. The van der Waals surface area contributed by atoms with E-state index in [9.17, 15) is 4.79 Å². The van der Waals surface area contributed by atoms with Gasteiger partial charge >= 0.3 is 0 Å². The van der Waals surface area contributed by atoms with Crippen molar-refractivity contribution in [3.05, 3.63) is 59.7 Å². The van der Waals surface area contributed by atoms with Gasteiger partial charge in [-0.25, -0.2) is 0 Å². The maximum atomic E-state index is 11.6. The van der Waals surface area contributed by atoms with Gasteiger partial charge in [-0.3, -0.25) is 9.79 Å². The highest BCUT2D eigenvalue weighted by Gasteiger charge is 2.01. The number of benzene rings is 2. The van der Waals surface area contributed by atoms with Crippen LogP contribution in [0.1, 0.15) is 42.6 Å². The Hall–Kier alpha value is -2.42. The van der Waals surface area contributed by atoms with Gasteiger partial charge in [0.05, 0.1) is 12.3 Å². The summed E-state index contributed by atoms with van der Waals surface area (Å²) in [5, 5.41) is 0. The fourth-order valence-corrected chi connectivity index (χ4v) is 1.96. The molecule has 2 aromatic carbocycles. The molecule has 0 radical (unpaired) electrons. The minimum absolute atomic E-state index is 0.151. The molecule has 0 aromatic heterocycles. The lowest BCUT2D eigenvalue weighted by Crippen LogP contribution is -1.95. The molecule has 3 heteroatoms. The molecule has 0 bridgehead atoms. The summed E-state index contributed by atoms with van der Waals surface area (Å²) in [6, 6.07) is 15.2. The minimum Gasteiger partial charge on any atom is -0.494 e. The van der Waals surface area contributed by atoms with Crippen LogP contribution >= 0.6 is 0 Å². The normalized spacial score (nSPS) is 10.8. The number of Topliss-reactive ketones (excluding diaryl/α,β-unsaturated/α-hetero) is 1. The summed E-state index contributed by atoms with van der Waals surface area (Å²) in [6.07, 6.45) is 3.33. The largest absolute Gasteiger partial charge is 0.494 e. The average molecular weight is 295 g/mol. The zero-order chi connectivity index (χ0) is 15.8. The van der Waals surface area contributed by atoms with Crippen LogP contribution in [-0.2, 0) is 0 Å². The minimum atomic E-state index is 0.151. The van der Waals surface area contributed by atoms with Crippen LogP contribution in [-0.4, -0.2) is 18.6 Å². The van der Waals surface area contributed by atoms with E-state index in [0.29, 0.717) is 6.42 Å². The van der Waals surface area contributed by atoms with Gasteiger partial charge in [0.25, 0.3) is 0 Å². The molecule has 114 valence electrons. The summed E-state index contributed by atoms with van der Waals surface area (Å²) >= 11 is 0. The molecule has 3 nitrogen and oxygen atoms in total. The molecule has 0 aliphatic rings. The van der Waals surface area contributed by atoms with E-state index >= 15 is 0 Å². The van der Waals surface area contributed by atoms with Crippen molar-refractivity contribution in [3.8, 4) is 5.75 Å². The number of nitrogens with zero attached hydrogens (tertiary/aromatic N) is 1. The Kier molecular flexibility index (Phi) is 5.90. The fourth-order valence-electron chi connectivity index (χ4n) is 1.96. The second-order valence-electron chi connectivity index (χ2n) is 5.00. The number of ketones is 1. The van der Waals surface area contributed by atoms with Gasteiger partial charge in [-0.2, -0.15) is 0 Å². The Labute approximate surface area is 131 Å². The smallest absolute Gasteiger partial charge is 0.162 e. The molecule has 0 atom stereocenters. The molecule has 0 spiro atoms. The number of carbonyl (C=O) groups is 1. The standard InChI is InChI=1S/C19H21NO2/c1-3-13-22-18-11-5-15(6-12-18)14-20-17-9-7-16(8-10-17)19(21)4-2/h5-12,14H,3-4,13H2,1-2H3. The maximum Gasteiger partial charge on any atom is 0.162 e. The topological polar surface area (TPSA) is 38.7 Å². The van der Waals surface area contributed by atoms with E-state index < -0.39 is 0 Å². The Morgan fingerprint density at radius 3 is 2.32 bits per heavy atom. The first-order valence-electron chi connectivity index (χ1n) is 7.63. The quantitative estimate of drug-likeness (QED) is 0.542. The third-order valence-corrected chi connectivity index (χ3v) is 3.23. The van der Waals surface area contributed by atoms with Gasteiger partial charge in [-0.1, -0.05) is 13.8 Å². The highest BCUT2D eigenvalue weighted by Crippen LogP contribution is 2.15. The Bertz CT molecular complexity index is 627. The summed E-state index contributed by atoms with van der Waals surface area (Å²) in [4.78, 5) is 16.0. The van der Waals surface area contributed by atoms with Crippen LogP contribution in [0.25, 0.3) is 0 Å². The lowest BCUT2D eigenvalue weighted by molar-refractivity contribution is 0.0988. The molecule has 0 heterocycles. The Morgan fingerprint density at radius 2 is 1.73 bits per heavy atom. The molecule has 2 rings (SSSR count). The summed E-state index contributed by atoms with van der Waals surface area (Å²) in [5.41, 5.74) is 2.58. The summed E-state index contributed by atoms with van der Waals surface area (Å²) in [7, 11) is 0. The zero-order valence-electron chi connectivity index (χ0n) is 13.1. The maximum absolute atomic E-state index is 11.6. The summed E-state index contributed by atoms with van der Waals surface area (Å²) in [6.45, 7) is 4.68. The number of carbonyl (C=O) groups excluding carboxylic acids is 1.